The minimum Gasteiger partial charge on any atom is -0.347 e. The largest absolute Gasteiger partial charge is 0.347 e. The van der Waals surface area contributed by atoms with Crippen molar-refractivity contribution < 1.29 is 9.59 Å². The molecule has 2 amide bonds. The SMILES string of the molecule is CC(=O)NC(C)c1nc2ccccc2n1CC(=O)Nc1ccc(Br)cc1. The number of aromatic nitrogens is 2. The Kier molecular flexibility index (Phi) is 5.37. The molecule has 2 N–H and O–H groups in total. The van der Waals surface area contributed by atoms with Crippen molar-refractivity contribution in [3.63, 3.8) is 0 Å². The number of hydrogen-bond acceptors (Lipinski definition) is 3. The molecule has 0 aliphatic carbocycles. The van der Waals surface area contributed by atoms with Crippen LogP contribution in [0.4, 0.5) is 5.69 Å². The number of carbonyl (C=O) groups is 2. The number of anilines is 1. The maximum atomic E-state index is 12.5. The zero-order valence-electron chi connectivity index (χ0n) is 14.5. The Morgan fingerprint density at radius 1 is 1.15 bits per heavy atom. The molecule has 26 heavy (non-hydrogen) atoms. The van der Waals surface area contributed by atoms with Crippen molar-refractivity contribution >= 4 is 44.5 Å². The van der Waals surface area contributed by atoms with Crippen molar-refractivity contribution in [2.45, 2.75) is 26.4 Å². The molecule has 0 fully saturated rings. The summed E-state index contributed by atoms with van der Waals surface area (Å²) in [5.74, 6) is 0.342. The molecule has 0 radical (unpaired) electrons. The summed E-state index contributed by atoms with van der Waals surface area (Å²) < 4.78 is 2.78. The fourth-order valence-corrected chi connectivity index (χ4v) is 3.10. The number of amides is 2. The summed E-state index contributed by atoms with van der Waals surface area (Å²) in [5.41, 5.74) is 2.36. The number of halogens is 1. The Bertz CT molecular complexity index is 950. The summed E-state index contributed by atoms with van der Waals surface area (Å²) in [6, 6.07) is 14.7. The number of hydrogen-bond donors (Lipinski definition) is 2. The first-order valence-electron chi connectivity index (χ1n) is 8.21. The smallest absolute Gasteiger partial charge is 0.244 e. The normalized spacial score (nSPS) is 12.0. The molecule has 0 saturated heterocycles. The van der Waals surface area contributed by atoms with Gasteiger partial charge < -0.3 is 15.2 Å². The minimum absolute atomic E-state index is 0.107. The predicted octanol–water partition coefficient (Wildman–Crippen LogP) is 3.63. The van der Waals surface area contributed by atoms with E-state index in [-0.39, 0.29) is 24.4 Å². The van der Waals surface area contributed by atoms with E-state index in [0.717, 1.165) is 21.2 Å². The lowest BCUT2D eigenvalue weighted by Gasteiger charge is -2.15. The first kappa shape index (κ1) is 18.1. The van der Waals surface area contributed by atoms with Crippen molar-refractivity contribution in [3.05, 3.63) is 58.8 Å². The number of carbonyl (C=O) groups excluding carboxylic acids is 2. The highest BCUT2D eigenvalue weighted by Crippen LogP contribution is 2.21. The third-order valence-corrected chi connectivity index (χ3v) is 4.45. The van der Waals surface area contributed by atoms with Crippen molar-refractivity contribution in [1.29, 1.82) is 0 Å². The van der Waals surface area contributed by atoms with Crippen molar-refractivity contribution in [3.8, 4) is 0 Å². The summed E-state index contributed by atoms with van der Waals surface area (Å²) in [6.45, 7) is 3.42. The molecule has 7 heteroatoms. The van der Waals surface area contributed by atoms with Gasteiger partial charge >= 0.3 is 0 Å². The molecule has 1 atom stereocenters. The molecular weight excluding hydrogens is 396 g/mol. The predicted molar refractivity (Wildman–Crippen MR) is 105 cm³/mol. The number of rotatable bonds is 5. The molecule has 3 rings (SSSR count). The van der Waals surface area contributed by atoms with Gasteiger partial charge in [-0.05, 0) is 43.3 Å². The highest BCUT2D eigenvalue weighted by molar-refractivity contribution is 9.10. The van der Waals surface area contributed by atoms with Gasteiger partial charge in [0.2, 0.25) is 11.8 Å². The summed E-state index contributed by atoms with van der Waals surface area (Å²) in [6.07, 6.45) is 0. The van der Waals surface area contributed by atoms with E-state index < -0.39 is 0 Å². The second-order valence-corrected chi connectivity index (χ2v) is 6.94. The Morgan fingerprint density at radius 2 is 1.85 bits per heavy atom. The van der Waals surface area contributed by atoms with Gasteiger partial charge in [-0.1, -0.05) is 28.1 Å². The van der Waals surface area contributed by atoms with Gasteiger partial charge in [-0.15, -0.1) is 0 Å². The van der Waals surface area contributed by atoms with Crippen LogP contribution in [0.25, 0.3) is 11.0 Å². The molecule has 0 bridgehead atoms. The molecule has 2 aromatic carbocycles. The zero-order valence-corrected chi connectivity index (χ0v) is 16.1. The highest BCUT2D eigenvalue weighted by Gasteiger charge is 2.19. The molecule has 3 aromatic rings. The lowest BCUT2D eigenvalue weighted by Crippen LogP contribution is -2.28. The molecule has 1 heterocycles. The van der Waals surface area contributed by atoms with Crippen LogP contribution in [0, 0.1) is 0 Å². The van der Waals surface area contributed by atoms with E-state index in [4.69, 9.17) is 0 Å². The van der Waals surface area contributed by atoms with Gasteiger partial charge in [-0.25, -0.2) is 4.98 Å². The number of benzene rings is 2. The van der Waals surface area contributed by atoms with Crippen molar-refractivity contribution in [2.75, 3.05) is 5.32 Å². The quantitative estimate of drug-likeness (QED) is 0.668. The van der Waals surface area contributed by atoms with Crippen LogP contribution < -0.4 is 10.6 Å². The summed E-state index contributed by atoms with van der Waals surface area (Å²) in [5, 5.41) is 5.71. The molecule has 1 aromatic heterocycles. The highest BCUT2D eigenvalue weighted by atomic mass is 79.9. The average molecular weight is 415 g/mol. The monoisotopic (exact) mass is 414 g/mol. The Balaban J connectivity index is 1.88. The summed E-state index contributed by atoms with van der Waals surface area (Å²) in [4.78, 5) is 28.6. The minimum atomic E-state index is -0.305. The molecule has 0 aliphatic heterocycles. The molecule has 0 spiro atoms. The van der Waals surface area contributed by atoms with Gasteiger partial charge in [0, 0.05) is 17.1 Å². The van der Waals surface area contributed by atoms with E-state index >= 15 is 0 Å². The Morgan fingerprint density at radius 3 is 2.54 bits per heavy atom. The third kappa shape index (κ3) is 4.11. The van der Waals surface area contributed by atoms with Gasteiger partial charge in [-0.2, -0.15) is 0 Å². The van der Waals surface area contributed by atoms with Gasteiger partial charge in [0.25, 0.3) is 0 Å². The summed E-state index contributed by atoms with van der Waals surface area (Å²) >= 11 is 3.37. The topological polar surface area (TPSA) is 76.0 Å². The zero-order chi connectivity index (χ0) is 18.7. The first-order valence-corrected chi connectivity index (χ1v) is 9.01. The van der Waals surface area contributed by atoms with Crippen LogP contribution in [0.1, 0.15) is 25.7 Å². The molecule has 0 aliphatic rings. The summed E-state index contributed by atoms with van der Waals surface area (Å²) in [7, 11) is 0. The van der Waals surface area contributed by atoms with Crippen LogP contribution in [-0.4, -0.2) is 21.4 Å². The van der Waals surface area contributed by atoms with Gasteiger partial charge in [-0.3, -0.25) is 9.59 Å². The van der Waals surface area contributed by atoms with Crippen LogP contribution in [0.5, 0.6) is 0 Å². The maximum Gasteiger partial charge on any atom is 0.244 e. The lowest BCUT2D eigenvalue weighted by atomic mass is 10.3. The van der Waals surface area contributed by atoms with E-state index in [1.165, 1.54) is 6.92 Å². The maximum absolute atomic E-state index is 12.5. The molecule has 1 unspecified atom stereocenters. The second-order valence-electron chi connectivity index (χ2n) is 6.02. The van der Waals surface area contributed by atoms with E-state index in [9.17, 15) is 9.59 Å². The van der Waals surface area contributed by atoms with Crippen LogP contribution in [-0.2, 0) is 16.1 Å². The van der Waals surface area contributed by atoms with Crippen LogP contribution >= 0.6 is 15.9 Å². The van der Waals surface area contributed by atoms with Crippen LogP contribution in [0.3, 0.4) is 0 Å². The third-order valence-electron chi connectivity index (χ3n) is 3.92. The van der Waals surface area contributed by atoms with Gasteiger partial charge in [0.05, 0.1) is 17.1 Å². The number of imidazole rings is 1. The molecule has 6 nitrogen and oxygen atoms in total. The van der Waals surface area contributed by atoms with Gasteiger partial charge in [0.15, 0.2) is 0 Å². The van der Waals surface area contributed by atoms with Crippen molar-refractivity contribution in [1.82, 2.24) is 14.9 Å². The van der Waals surface area contributed by atoms with E-state index in [1.807, 2.05) is 60.0 Å². The van der Waals surface area contributed by atoms with Gasteiger partial charge in [0.1, 0.15) is 12.4 Å². The second kappa shape index (κ2) is 7.70. The van der Waals surface area contributed by atoms with E-state index in [2.05, 4.69) is 31.5 Å². The number of para-hydroxylation sites is 2. The fourth-order valence-electron chi connectivity index (χ4n) is 2.84. The lowest BCUT2D eigenvalue weighted by molar-refractivity contribution is -0.119. The van der Waals surface area contributed by atoms with Crippen molar-refractivity contribution in [2.24, 2.45) is 0 Å². The van der Waals surface area contributed by atoms with Crippen LogP contribution in [0.2, 0.25) is 0 Å². The number of nitrogens with one attached hydrogen (secondary N) is 2. The van der Waals surface area contributed by atoms with E-state index in [1.54, 1.807) is 0 Å². The number of fused-ring (bicyclic) bond motifs is 1. The Hall–Kier alpha value is -2.67. The molecule has 0 saturated carbocycles. The molecule has 134 valence electrons. The fraction of sp³-hybridized carbons (Fsp3) is 0.211. The molecular formula is C19H19BrN4O2. The van der Waals surface area contributed by atoms with Crippen LogP contribution in [0.15, 0.2) is 53.0 Å². The first-order chi connectivity index (χ1) is 12.4. The number of nitrogens with zero attached hydrogens (tertiary/aromatic N) is 2. The Labute approximate surface area is 159 Å². The van der Waals surface area contributed by atoms with E-state index in [0.29, 0.717) is 5.82 Å². The standard InChI is InChI=1S/C19H19BrN4O2/c1-12(21-13(2)25)19-23-16-5-3-4-6-17(16)24(19)11-18(26)22-15-9-7-14(20)8-10-15/h3-10,12H,11H2,1-2H3,(H,21,25)(H,22,26). The average Bonchev–Trinajstić information content (AvgIpc) is 2.95.